The predicted octanol–water partition coefficient (Wildman–Crippen LogP) is 4.71. The van der Waals surface area contributed by atoms with Gasteiger partial charge in [0.05, 0.1) is 0 Å². The van der Waals surface area contributed by atoms with Crippen LogP contribution in [0.5, 0.6) is 0 Å². The van der Waals surface area contributed by atoms with E-state index in [1.54, 1.807) is 22.8 Å². The van der Waals surface area contributed by atoms with Crippen molar-refractivity contribution < 1.29 is 0 Å². The monoisotopic (exact) mass is 304 g/mol. The van der Waals surface area contributed by atoms with Crippen LogP contribution in [0.2, 0.25) is 0 Å². The Labute approximate surface area is 106 Å². The quantitative estimate of drug-likeness (QED) is 0.521. The van der Waals surface area contributed by atoms with E-state index in [4.69, 9.17) is 44.3 Å². The average molecular weight is 306 g/mol. The summed E-state index contributed by atoms with van der Waals surface area (Å²) >= 11 is 22.3. The summed E-state index contributed by atoms with van der Waals surface area (Å²) in [6.07, 6.45) is 0. The lowest BCUT2D eigenvalue weighted by Crippen LogP contribution is -2.09. The largest absolute Gasteiger partial charge is 0.295 e. The van der Waals surface area contributed by atoms with Gasteiger partial charge in [-0.2, -0.15) is 0 Å². The molecular weight excluding hydrogens is 294 g/mol. The van der Waals surface area contributed by atoms with Crippen molar-refractivity contribution in [3.05, 3.63) is 49.1 Å². The SMILES string of the molecule is C=C[Si](Cl)(Cl)C=C.C=C[Si](Cl)(Cl)C=C. The summed E-state index contributed by atoms with van der Waals surface area (Å²) in [5, 5.41) is 0. The van der Waals surface area contributed by atoms with Gasteiger partial charge in [-0.3, -0.25) is 0 Å². The second-order valence-corrected chi connectivity index (χ2v) is 15.2. The first-order valence-electron chi connectivity index (χ1n) is 3.54. The van der Waals surface area contributed by atoms with E-state index in [9.17, 15) is 0 Å². The summed E-state index contributed by atoms with van der Waals surface area (Å²) < 4.78 is 0. The molecule has 0 amide bonds. The van der Waals surface area contributed by atoms with E-state index in [0.29, 0.717) is 0 Å². The maximum absolute atomic E-state index is 5.57. The molecule has 0 unspecified atom stereocenters. The third kappa shape index (κ3) is 10.6. The molecule has 80 valence electrons. The Morgan fingerprint density at radius 2 is 0.714 bits per heavy atom. The molecule has 0 heterocycles. The maximum atomic E-state index is 5.57. The molecule has 0 radical (unpaired) electrons. The molecule has 6 heteroatoms. The minimum Gasteiger partial charge on any atom is -0.135 e. The molecule has 0 aromatic rings. The zero-order valence-electron chi connectivity index (χ0n) is 7.65. The van der Waals surface area contributed by atoms with Crippen molar-refractivity contribution in [1.82, 2.24) is 0 Å². The lowest BCUT2D eigenvalue weighted by molar-refractivity contribution is 2.37. The second-order valence-electron chi connectivity index (χ2n) is 2.17. The van der Waals surface area contributed by atoms with E-state index >= 15 is 0 Å². The van der Waals surface area contributed by atoms with E-state index in [0.717, 1.165) is 0 Å². The number of hydrogen-bond donors (Lipinski definition) is 0. The van der Waals surface area contributed by atoms with Gasteiger partial charge in [0.1, 0.15) is 0 Å². The van der Waals surface area contributed by atoms with Crippen molar-refractivity contribution in [2.24, 2.45) is 0 Å². The first-order chi connectivity index (χ1) is 6.24. The highest BCUT2D eigenvalue weighted by atomic mass is 35.7. The van der Waals surface area contributed by atoms with Crippen LogP contribution < -0.4 is 0 Å². The molecule has 0 saturated heterocycles. The molecule has 0 rings (SSSR count). The highest BCUT2D eigenvalue weighted by molar-refractivity contribution is 7.50. The van der Waals surface area contributed by atoms with Crippen molar-refractivity contribution in [3.8, 4) is 0 Å². The van der Waals surface area contributed by atoms with Crippen LogP contribution in [0.25, 0.3) is 0 Å². The van der Waals surface area contributed by atoms with Crippen LogP contribution in [0, 0.1) is 0 Å². The summed E-state index contributed by atoms with van der Waals surface area (Å²) in [5.74, 6) is 0. The Balaban J connectivity index is 0. The van der Waals surface area contributed by atoms with Gasteiger partial charge in [-0.25, -0.2) is 0 Å². The van der Waals surface area contributed by atoms with Crippen LogP contribution >= 0.6 is 44.3 Å². The highest BCUT2D eigenvalue weighted by Gasteiger charge is 2.17. The summed E-state index contributed by atoms with van der Waals surface area (Å²) in [7, 11) is 0. The predicted molar refractivity (Wildman–Crippen MR) is 75.7 cm³/mol. The second kappa shape index (κ2) is 7.79. The molecule has 0 atom stereocenters. The first-order valence-corrected chi connectivity index (χ1v) is 11.9. The number of rotatable bonds is 4. The summed E-state index contributed by atoms with van der Waals surface area (Å²) in [5.41, 5.74) is 6.18. The van der Waals surface area contributed by atoms with Crippen molar-refractivity contribution in [2.75, 3.05) is 0 Å². The number of halogens is 4. The molecule has 0 bridgehead atoms. The fourth-order valence-corrected chi connectivity index (χ4v) is 0.500. The standard InChI is InChI=1S/2C4H6Cl2Si/c2*1-3-7(5,6)4-2/h2*3-4H,1-2H2. The van der Waals surface area contributed by atoms with E-state index in [-0.39, 0.29) is 0 Å². The van der Waals surface area contributed by atoms with E-state index in [1.807, 2.05) is 0 Å². The van der Waals surface area contributed by atoms with Gasteiger partial charge in [0.15, 0.2) is 0 Å². The van der Waals surface area contributed by atoms with Crippen molar-refractivity contribution in [2.45, 2.75) is 0 Å². The third-order valence-corrected chi connectivity index (χ3v) is 6.97. The molecule has 0 spiro atoms. The fraction of sp³-hybridized carbons (Fsp3) is 0. The minimum atomic E-state index is -2.18. The normalized spacial score (nSPS) is 10.6. The Kier molecular flexibility index (Phi) is 9.45. The molecule has 0 aromatic carbocycles. The molecule has 14 heavy (non-hydrogen) atoms. The molecule has 0 fully saturated rings. The van der Waals surface area contributed by atoms with Crippen LogP contribution in [0.3, 0.4) is 0 Å². The zero-order chi connectivity index (χ0) is 11.8. The molecule has 0 N–H and O–H groups in total. The molecule has 0 aliphatic heterocycles. The maximum Gasteiger partial charge on any atom is 0.295 e. The van der Waals surface area contributed by atoms with Gasteiger partial charge >= 0.3 is 0 Å². The van der Waals surface area contributed by atoms with Crippen molar-refractivity contribution in [3.63, 3.8) is 0 Å². The van der Waals surface area contributed by atoms with E-state index in [1.165, 1.54) is 0 Å². The van der Waals surface area contributed by atoms with Gasteiger partial charge < -0.3 is 0 Å². The lowest BCUT2D eigenvalue weighted by Gasteiger charge is -1.99. The summed E-state index contributed by atoms with van der Waals surface area (Å²) in [6, 6.07) is 0. The lowest BCUT2D eigenvalue weighted by atomic mass is 11.2. The molecular formula is C8H12Cl4Si2. The van der Waals surface area contributed by atoms with E-state index in [2.05, 4.69) is 26.3 Å². The van der Waals surface area contributed by atoms with Crippen molar-refractivity contribution >= 4 is 57.7 Å². The smallest absolute Gasteiger partial charge is 0.135 e. The van der Waals surface area contributed by atoms with Gasteiger partial charge in [0.25, 0.3) is 13.4 Å². The molecule has 0 saturated carbocycles. The van der Waals surface area contributed by atoms with E-state index < -0.39 is 13.4 Å². The molecule has 0 aliphatic rings. The van der Waals surface area contributed by atoms with Gasteiger partial charge in [-0.15, -0.1) is 70.6 Å². The minimum absolute atomic E-state index is 1.54. The summed E-state index contributed by atoms with van der Waals surface area (Å²) in [4.78, 5) is 0. The van der Waals surface area contributed by atoms with Gasteiger partial charge in [0.2, 0.25) is 0 Å². The Bertz CT molecular complexity index is 179. The number of hydrogen-bond acceptors (Lipinski definition) is 0. The molecule has 0 aromatic heterocycles. The Morgan fingerprint density at radius 3 is 0.714 bits per heavy atom. The molecule has 0 aliphatic carbocycles. The Hall–Kier alpha value is 0.554. The van der Waals surface area contributed by atoms with Crippen LogP contribution in [0.1, 0.15) is 0 Å². The molecule has 0 nitrogen and oxygen atoms in total. The Morgan fingerprint density at radius 1 is 0.571 bits per heavy atom. The first kappa shape index (κ1) is 17.0. The van der Waals surface area contributed by atoms with Crippen LogP contribution in [-0.2, 0) is 0 Å². The average Bonchev–Trinajstić information content (AvgIpc) is 2.19. The fourth-order valence-electron chi connectivity index (χ4n) is 0.167. The third-order valence-electron chi connectivity index (χ3n) is 1.09. The van der Waals surface area contributed by atoms with Crippen LogP contribution in [-0.4, -0.2) is 13.4 Å². The van der Waals surface area contributed by atoms with Gasteiger partial charge in [-0.1, -0.05) is 22.8 Å². The topological polar surface area (TPSA) is 0 Å². The van der Waals surface area contributed by atoms with Crippen LogP contribution in [0.15, 0.2) is 49.1 Å². The van der Waals surface area contributed by atoms with Gasteiger partial charge in [-0.05, 0) is 0 Å². The van der Waals surface area contributed by atoms with Crippen molar-refractivity contribution in [1.29, 1.82) is 0 Å². The van der Waals surface area contributed by atoms with Crippen LogP contribution in [0.4, 0.5) is 0 Å². The summed E-state index contributed by atoms with van der Waals surface area (Å²) in [6.45, 7) is 9.36. The highest BCUT2D eigenvalue weighted by Crippen LogP contribution is 2.15. The van der Waals surface area contributed by atoms with Gasteiger partial charge in [0, 0.05) is 0 Å². The zero-order valence-corrected chi connectivity index (χ0v) is 12.7.